The average molecular weight is 257 g/mol. The van der Waals surface area contributed by atoms with Crippen LogP contribution in [0.1, 0.15) is 27.7 Å². The lowest BCUT2D eigenvalue weighted by Crippen LogP contribution is -2.30. The van der Waals surface area contributed by atoms with Gasteiger partial charge in [-0.05, 0) is 19.3 Å². The third kappa shape index (κ3) is 3.90. The highest BCUT2D eigenvalue weighted by molar-refractivity contribution is 9.09. The van der Waals surface area contributed by atoms with Gasteiger partial charge in [0, 0.05) is 5.33 Å². The maximum Gasteiger partial charge on any atom is 0.153 e. The first kappa shape index (κ1) is 12.4. The Morgan fingerprint density at radius 1 is 1.33 bits per heavy atom. The van der Waals surface area contributed by atoms with E-state index in [1.807, 2.05) is 13.8 Å². The first-order chi connectivity index (χ1) is 5.21. The molecule has 74 valence electrons. The maximum atomic E-state index is 11.5. The summed E-state index contributed by atoms with van der Waals surface area (Å²) in [5.41, 5.74) is -0.164. The minimum atomic E-state index is -2.90. The molecule has 0 bridgehead atoms. The minimum absolute atomic E-state index is 0.164. The van der Waals surface area contributed by atoms with Crippen LogP contribution in [0, 0.1) is 5.41 Å². The van der Waals surface area contributed by atoms with Crippen LogP contribution < -0.4 is 0 Å². The molecule has 0 aliphatic heterocycles. The van der Waals surface area contributed by atoms with Crippen molar-refractivity contribution >= 4 is 25.8 Å². The van der Waals surface area contributed by atoms with Gasteiger partial charge < -0.3 is 0 Å². The van der Waals surface area contributed by atoms with Gasteiger partial charge in [0.2, 0.25) is 0 Å². The fraction of sp³-hybridized carbons (Fsp3) is 1.00. The molecular formula is C8H17BrO2S. The molecule has 0 aromatic carbocycles. The molecule has 0 saturated carbocycles. The second kappa shape index (κ2) is 4.09. The van der Waals surface area contributed by atoms with Gasteiger partial charge in [-0.3, -0.25) is 0 Å². The third-order valence-corrected chi connectivity index (χ3v) is 5.81. The topological polar surface area (TPSA) is 34.1 Å². The Morgan fingerprint density at radius 3 is 2.00 bits per heavy atom. The van der Waals surface area contributed by atoms with E-state index in [2.05, 4.69) is 15.9 Å². The predicted molar refractivity (Wildman–Crippen MR) is 56.5 cm³/mol. The summed E-state index contributed by atoms with van der Waals surface area (Å²) < 4.78 is 23.0. The van der Waals surface area contributed by atoms with E-state index in [1.54, 1.807) is 13.8 Å². The van der Waals surface area contributed by atoms with Gasteiger partial charge in [-0.2, -0.15) is 0 Å². The van der Waals surface area contributed by atoms with Crippen molar-refractivity contribution < 1.29 is 8.42 Å². The third-order valence-electron chi connectivity index (χ3n) is 1.67. The largest absolute Gasteiger partial charge is 0.229 e. The van der Waals surface area contributed by atoms with E-state index in [-0.39, 0.29) is 16.4 Å². The van der Waals surface area contributed by atoms with Crippen molar-refractivity contribution in [3.05, 3.63) is 0 Å². The van der Waals surface area contributed by atoms with Crippen LogP contribution in [0.4, 0.5) is 0 Å². The summed E-state index contributed by atoms with van der Waals surface area (Å²) in [7, 11) is -2.90. The van der Waals surface area contributed by atoms with Crippen molar-refractivity contribution in [2.75, 3.05) is 11.1 Å². The van der Waals surface area contributed by atoms with E-state index in [0.29, 0.717) is 5.33 Å². The van der Waals surface area contributed by atoms with E-state index in [1.165, 1.54) is 0 Å². The SMILES string of the molecule is CC(C)S(=O)(=O)CC(C)(C)CBr. The Balaban J connectivity index is 4.47. The van der Waals surface area contributed by atoms with E-state index in [9.17, 15) is 8.42 Å². The van der Waals surface area contributed by atoms with Crippen molar-refractivity contribution in [1.82, 2.24) is 0 Å². The van der Waals surface area contributed by atoms with E-state index in [0.717, 1.165) is 0 Å². The molecule has 0 aromatic rings. The first-order valence-electron chi connectivity index (χ1n) is 3.99. The van der Waals surface area contributed by atoms with Crippen molar-refractivity contribution in [2.24, 2.45) is 5.41 Å². The lowest BCUT2D eigenvalue weighted by Gasteiger charge is -2.22. The molecule has 12 heavy (non-hydrogen) atoms. The highest BCUT2D eigenvalue weighted by Gasteiger charge is 2.27. The zero-order chi connectivity index (χ0) is 9.99. The quantitative estimate of drug-likeness (QED) is 0.724. The number of hydrogen-bond acceptors (Lipinski definition) is 2. The molecule has 0 amide bonds. The summed E-state index contributed by atoms with van der Waals surface area (Å²) >= 11 is 3.31. The van der Waals surface area contributed by atoms with Gasteiger partial charge >= 0.3 is 0 Å². The van der Waals surface area contributed by atoms with Gasteiger partial charge in [0.05, 0.1) is 11.0 Å². The molecule has 0 aromatic heterocycles. The molecule has 0 aliphatic carbocycles. The van der Waals surface area contributed by atoms with Crippen LogP contribution in [-0.4, -0.2) is 24.8 Å². The summed E-state index contributed by atoms with van der Waals surface area (Å²) in [6.45, 7) is 7.34. The van der Waals surface area contributed by atoms with E-state index in [4.69, 9.17) is 0 Å². The molecule has 0 fully saturated rings. The van der Waals surface area contributed by atoms with Gasteiger partial charge in [-0.1, -0.05) is 29.8 Å². The standard InChI is InChI=1S/C8H17BrO2S/c1-7(2)12(10,11)6-8(3,4)5-9/h7H,5-6H2,1-4H3. The highest BCUT2D eigenvalue weighted by Crippen LogP contribution is 2.22. The van der Waals surface area contributed by atoms with Gasteiger partial charge in [0.25, 0.3) is 0 Å². The number of halogens is 1. The second-order valence-corrected chi connectivity index (χ2v) is 7.27. The van der Waals surface area contributed by atoms with Crippen molar-refractivity contribution in [1.29, 1.82) is 0 Å². The number of hydrogen-bond donors (Lipinski definition) is 0. The Morgan fingerprint density at radius 2 is 1.75 bits per heavy atom. The maximum absolute atomic E-state index is 11.5. The minimum Gasteiger partial charge on any atom is -0.229 e. The fourth-order valence-corrected chi connectivity index (χ4v) is 2.74. The molecule has 0 spiro atoms. The number of alkyl halides is 1. The Hall–Kier alpha value is 0.430. The molecule has 2 nitrogen and oxygen atoms in total. The van der Waals surface area contributed by atoms with Gasteiger partial charge in [-0.15, -0.1) is 0 Å². The molecule has 0 saturated heterocycles. The first-order valence-corrected chi connectivity index (χ1v) is 6.82. The Bertz CT molecular complexity index is 229. The van der Waals surface area contributed by atoms with Gasteiger partial charge in [-0.25, -0.2) is 8.42 Å². The molecule has 0 radical (unpaired) electrons. The Kier molecular flexibility index (Phi) is 4.24. The molecule has 0 atom stereocenters. The van der Waals surface area contributed by atoms with E-state index < -0.39 is 9.84 Å². The van der Waals surface area contributed by atoms with Crippen LogP contribution in [0.25, 0.3) is 0 Å². The molecule has 0 N–H and O–H groups in total. The molecular weight excluding hydrogens is 240 g/mol. The molecule has 4 heteroatoms. The zero-order valence-electron chi connectivity index (χ0n) is 8.09. The lowest BCUT2D eigenvalue weighted by molar-refractivity contribution is 0.472. The van der Waals surface area contributed by atoms with E-state index >= 15 is 0 Å². The summed E-state index contributed by atoms with van der Waals surface area (Å²) in [4.78, 5) is 0. The normalized spacial score (nSPS) is 13.8. The van der Waals surface area contributed by atoms with Gasteiger partial charge in [0.15, 0.2) is 9.84 Å². The summed E-state index contributed by atoms with van der Waals surface area (Å²) in [5, 5.41) is 0.446. The Labute approximate surface area is 83.8 Å². The molecule has 0 unspecified atom stereocenters. The number of rotatable bonds is 4. The van der Waals surface area contributed by atoms with Crippen LogP contribution >= 0.6 is 15.9 Å². The van der Waals surface area contributed by atoms with Crippen LogP contribution in [0.15, 0.2) is 0 Å². The monoisotopic (exact) mass is 256 g/mol. The van der Waals surface area contributed by atoms with Crippen molar-refractivity contribution in [3.63, 3.8) is 0 Å². The van der Waals surface area contributed by atoms with Gasteiger partial charge in [0.1, 0.15) is 0 Å². The van der Waals surface area contributed by atoms with Crippen LogP contribution in [0.3, 0.4) is 0 Å². The van der Waals surface area contributed by atoms with Crippen LogP contribution in [-0.2, 0) is 9.84 Å². The lowest BCUT2D eigenvalue weighted by atomic mass is 10.0. The fourth-order valence-electron chi connectivity index (χ4n) is 0.750. The predicted octanol–water partition coefficient (Wildman–Crippen LogP) is 2.23. The molecule has 0 aliphatic rings. The van der Waals surface area contributed by atoms with Crippen LogP contribution in [0.5, 0.6) is 0 Å². The molecule has 0 rings (SSSR count). The number of sulfone groups is 1. The highest BCUT2D eigenvalue weighted by atomic mass is 79.9. The average Bonchev–Trinajstić information content (AvgIpc) is 1.85. The zero-order valence-corrected chi connectivity index (χ0v) is 10.5. The van der Waals surface area contributed by atoms with Crippen LogP contribution in [0.2, 0.25) is 0 Å². The summed E-state index contributed by atoms with van der Waals surface area (Å²) in [6, 6.07) is 0. The van der Waals surface area contributed by atoms with Crippen molar-refractivity contribution in [2.45, 2.75) is 32.9 Å². The van der Waals surface area contributed by atoms with Crippen molar-refractivity contribution in [3.8, 4) is 0 Å². The summed E-state index contributed by atoms with van der Waals surface area (Å²) in [5.74, 6) is 0.253. The summed E-state index contributed by atoms with van der Waals surface area (Å²) in [6.07, 6.45) is 0. The molecule has 0 heterocycles. The smallest absolute Gasteiger partial charge is 0.153 e. The second-order valence-electron chi connectivity index (χ2n) is 4.15.